The fraction of sp³-hybridized carbons (Fsp3) is 0.158. The predicted octanol–water partition coefficient (Wildman–Crippen LogP) is 3.43. The first-order valence-corrected chi connectivity index (χ1v) is 9.24. The molecule has 0 atom stereocenters. The Balaban J connectivity index is 1.51. The third-order valence-electron chi connectivity index (χ3n) is 3.70. The molecule has 0 spiro atoms. The number of benzene rings is 2. The number of urea groups is 1. The summed E-state index contributed by atoms with van der Waals surface area (Å²) < 4.78 is 5.11. The SMILES string of the molecule is COc1cccc(NC(=O)NCc2nnc(C(=O)Nc3ccc(C)cc3)s2)c1. The second-order valence-corrected chi connectivity index (χ2v) is 6.92. The quantitative estimate of drug-likeness (QED) is 0.591. The van der Waals surface area contributed by atoms with Gasteiger partial charge in [-0.15, -0.1) is 10.2 Å². The van der Waals surface area contributed by atoms with E-state index in [1.807, 2.05) is 31.2 Å². The predicted molar refractivity (Wildman–Crippen MR) is 108 cm³/mol. The van der Waals surface area contributed by atoms with Gasteiger partial charge in [0.15, 0.2) is 0 Å². The number of methoxy groups -OCH3 is 1. The van der Waals surface area contributed by atoms with Gasteiger partial charge in [0.05, 0.1) is 13.7 Å². The molecule has 2 aromatic carbocycles. The summed E-state index contributed by atoms with van der Waals surface area (Å²) in [6.45, 7) is 2.13. The number of anilines is 2. The molecule has 1 aromatic heterocycles. The van der Waals surface area contributed by atoms with Gasteiger partial charge >= 0.3 is 6.03 Å². The molecule has 28 heavy (non-hydrogen) atoms. The van der Waals surface area contributed by atoms with E-state index in [0.717, 1.165) is 16.9 Å². The minimum Gasteiger partial charge on any atom is -0.497 e. The summed E-state index contributed by atoms with van der Waals surface area (Å²) >= 11 is 1.12. The number of nitrogens with zero attached hydrogens (tertiary/aromatic N) is 2. The lowest BCUT2D eigenvalue weighted by Crippen LogP contribution is -2.28. The number of hydrogen-bond donors (Lipinski definition) is 3. The van der Waals surface area contributed by atoms with Crippen molar-refractivity contribution in [2.24, 2.45) is 0 Å². The Bertz CT molecular complexity index is 972. The number of rotatable bonds is 6. The van der Waals surface area contributed by atoms with Gasteiger partial charge in [0.1, 0.15) is 10.8 Å². The zero-order valence-electron chi connectivity index (χ0n) is 15.4. The van der Waals surface area contributed by atoms with Crippen LogP contribution in [0, 0.1) is 6.92 Å². The molecule has 3 amide bonds. The maximum atomic E-state index is 12.2. The van der Waals surface area contributed by atoms with Crippen molar-refractivity contribution in [2.75, 3.05) is 17.7 Å². The normalized spacial score (nSPS) is 10.2. The Labute approximate surface area is 166 Å². The van der Waals surface area contributed by atoms with Crippen molar-refractivity contribution in [3.63, 3.8) is 0 Å². The van der Waals surface area contributed by atoms with Crippen LogP contribution < -0.4 is 20.7 Å². The summed E-state index contributed by atoms with van der Waals surface area (Å²) in [6.07, 6.45) is 0. The minimum absolute atomic E-state index is 0.158. The lowest BCUT2D eigenvalue weighted by atomic mass is 10.2. The van der Waals surface area contributed by atoms with E-state index in [4.69, 9.17) is 4.74 Å². The highest BCUT2D eigenvalue weighted by atomic mass is 32.1. The Morgan fingerprint density at radius 2 is 1.82 bits per heavy atom. The number of aryl methyl sites for hydroxylation is 1. The van der Waals surface area contributed by atoms with Crippen molar-refractivity contribution in [1.29, 1.82) is 0 Å². The van der Waals surface area contributed by atoms with Crippen LogP contribution in [0.5, 0.6) is 5.75 Å². The zero-order chi connectivity index (χ0) is 19.9. The number of carbonyl (C=O) groups is 2. The summed E-state index contributed by atoms with van der Waals surface area (Å²) in [5.41, 5.74) is 2.39. The average Bonchev–Trinajstić information content (AvgIpc) is 3.17. The van der Waals surface area contributed by atoms with Gasteiger partial charge in [0.2, 0.25) is 5.01 Å². The van der Waals surface area contributed by atoms with E-state index in [0.29, 0.717) is 22.1 Å². The number of hydrogen-bond acceptors (Lipinski definition) is 6. The van der Waals surface area contributed by atoms with Crippen LogP contribution in [-0.2, 0) is 6.54 Å². The van der Waals surface area contributed by atoms with Crippen LogP contribution in [0.3, 0.4) is 0 Å². The van der Waals surface area contributed by atoms with E-state index in [1.54, 1.807) is 31.4 Å². The van der Waals surface area contributed by atoms with Gasteiger partial charge in [0.25, 0.3) is 5.91 Å². The van der Waals surface area contributed by atoms with Gasteiger partial charge in [0, 0.05) is 17.4 Å². The summed E-state index contributed by atoms with van der Waals surface area (Å²) in [5.74, 6) is 0.305. The molecule has 9 heteroatoms. The molecule has 0 aliphatic carbocycles. The molecule has 0 aliphatic rings. The van der Waals surface area contributed by atoms with Crippen LogP contribution >= 0.6 is 11.3 Å². The van der Waals surface area contributed by atoms with Crippen molar-refractivity contribution in [2.45, 2.75) is 13.5 Å². The number of nitrogens with one attached hydrogen (secondary N) is 3. The van der Waals surface area contributed by atoms with Crippen molar-refractivity contribution < 1.29 is 14.3 Å². The molecule has 144 valence electrons. The number of ether oxygens (including phenoxy) is 1. The summed E-state index contributed by atoms with van der Waals surface area (Å²) in [6, 6.07) is 14.1. The van der Waals surface area contributed by atoms with Gasteiger partial charge < -0.3 is 20.7 Å². The number of amides is 3. The third-order valence-corrected chi connectivity index (χ3v) is 4.62. The van der Waals surface area contributed by atoms with Crippen LogP contribution in [-0.4, -0.2) is 29.2 Å². The molecular formula is C19H19N5O3S. The molecule has 3 rings (SSSR count). The van der Waals surface area contributed by atoms with E-state index in [-0.39, 0.29) is 17.5 Å². The Morgan fingerprint density at radius 3 is 2.57 bits per heavy atom. The van der Waals surface area contributed by atoms with Crippen LogP contribution in [0.4, 0.5) is 16.2 Å². The highest BCUT2D eigenvalue weighted by Crippen LogP contribution is 2.17. The first kappa shape index (κ1) is 19.3. The van der Waals surface area contributed by atoms with Crippen LogP contribution in [0.1, 0.15) is 20.4 Å². The van der Waals surface area contributed by atoms with Crippen molar-refractivity contribution in [3.05, 3.63) is 64.1 Å². The molecule has 0 saturated carbocycles. The number of aromatic nitrogens is 2. The first-order chi connectivity index (χ1) is 13.5. The smallest absolute Gasteiger partial charge is 0.319 e. The van der Waals surface area contributed by atoms with E-state index < -0.39 is 6.03 Å². The van der Waals surface area contributed by atoms with E-state index in [2.05, 4.69) is 26.1 Å². The molecule has 0 bridgehead atoms. The largest absolute Gasteiger partial charge is 0.497 e. The highest BCUT2D eigenvalue weighted by molar-refractivity contribution is 7.13. The van der Waals surface area contributed by atoms with Gasteiger partial charge in [-0.1, -0.05) is 35.1 Å². The molecule has 1 heterocycles. The van der Waals surface area contributed by atoms with Gasteiger partial charge in [-0.3, -0.25) is 4.79 Å². The topological polar surface area (TPSA) is 105 Å². The average molecular weight is 397 g/mol. The van der Waals surface area contributed by atoms with Crippen molar-refractivity contribution in [3.8, 4) is 5.75 Å². The third kappa shape index (κ3) is 5.27. The van der Waals surface area contributed by atoms with E-state index in [9.17, 15) is 9.59 Å². The highest BCUT2D eigenvalue weighted by Gasteiger charge is 2.13. The molecule has 3 aromatic rings. The van der Waals surface area contributed by atoms with Crippen molar-refractivity contribution >= 4 is 34.6 Å². The molecule has 0 aliphatic heterocycles. The first-order valence-electron chi connectivity index (χ1n) is 8.43. The van der Waals surface area contributed by atoms with Crippen LogP contribution in [0.15, 0.2) is 48.5 Å². The second kappa shape index (κ2) is 8.96. The molecule has 8 nitrogen and oxygen atoms in total. The van der Waals surface area contributed by atoms with Crippen molar-refractivity contribution in [1.82, 2.24) is 15.5 Å². The number of carbonyl (C=O) groups excluding carboxylic acids is 2. The maximum Gasteiger partial charge on any atom is 0.319 e. The maximum absolute atomic E-state index is 12.2. The Kier molecular flexibility index (Phi) is 6.18. The minimum atomic E-state index is -0.394. The van der Waals surface area contributed by atoms with Gasteiger partial charge in [-0.2, -0.15) is 0 Å². The van der Waals surface area contributed by atoms with E-state index in [1.165, 1.54) is 0 Å². The molecule has 0 fully saturated rings. The molecule has 0 saturated heterocycles. The van der Waals surface area contributed by atoms with Crippen LogP contribution in [0.25, 0.3) is 0 Å². The monoisotopic (exact) mass is 397 g/mol. The van der Waals surface area contributed by atoms with Gasteiger partial charge in [-0.05, 0) is 31.2 Å². The Hall–Kier alpha value is -3.46. The van der Waals surface area contributed by atoms with Gasteiger partial charge in [-0.25, -0.2) is 4.79 Å². The fourth-order valence-corrected chi connectivity index (χ4v) is 2.94. The fourth-order valence-electron chi connectivity index (χ4n) is 2.27. The molecule has 3 N–H and O–H groups in total. The molecular weight excluding hydrogens is 378 g/mol. The second-order valence-electron chi connectivity index (χ2n) is 5.86. The molecule has 0 unspecified atom stereocenters. The standard InChI is InChI=1S/C19H19N5O3S/c1-12-6-8-13(9-7-12)21-17(25)18-24-23-16(28-18)11-20-19(26)22-14-4-3-5-15(10-14)27-2/h3-10H,11H2,1-2H3,(H,21,25)(H2,20,22,26). The Morgan fingerprint density at radius 1 is 1.04 bits per heavy atom. The summed E-state index contributed by atoms with van der Waals surface area (Å²) in [5, 5.41) is 16.7. The summed E-state index contributed by atoms with van der Waals surface area (Å²) in [7, 11) is 1.56. The molecule has 0 radical (unpaired) electrons. The lowest BCUT2D eigenvalue weighted by molar-refractivity contribution is 0.102. The zero-order valence-corrected chi connectivity index (χ0v) is 16.2. The lowest BCUT2D eigenvalue weighted by Gasteiger charge is -2.07. The van der Waals surface area contributed by atoms with Crippen LogP contribution in [0.2, 0.25) is 0 Å². The summed E-state index contributed by atoms with van der Waals surface area (Å²) in [4.78, 5) is 24.2. The van der Waals surface area contributed by atoms with E-state index >= 15 is 0 Å².